The van der Waals surface area contributed by atoms with Crippen LogP contribution in [0.25, 0.3) is 0 Å². The molecule has 21 heavy (non-hydrogen) atoms. The number of pyridine rings is 1. The van der Waals surface area contributed by atoms with Gasteiger partial charge in [0, 0.05) is 29.1 Å². The first-order valence-corrected chi connectivity index (χ1v) is 5.82. The van der Waals surface area contributed by atoms with Gasteiger partial charge in [-0.05, 0) is 19.1 Å². The third-order valence-electron chi connectivity index (χ3n) is 2.61. The Morgan fingerprint density at radius 2 is 1.76 bits per heavy atom. The topological polar surface area (TPSA) is 80.0 Å². The highest BCUT2D eigenvalue weighted by atomic mass is 19.2. The zero-order valence-electron chi connectivity index (χ0n) is 10.9. The predicted octanol–water partition coefficient (Wildman–Crippen LogP) is 2.35. The summed E-state index contributed by atoms with van der Waals surface area (Å²) >= 11 is 0. The Labute approximate surface area is 118 Å². The van der Waals surface area contributed by atoms with Crippen molar-refractivity contribution in [2.24, 2.45) is 5.84 Å². The van der Waals surface area contributed by atoms with Gasteiger partial charge in [-0.15, -0.1) is 0 Å². The van der Waals surface area contributed by atoms with E-state index in [0.29, 0.717) is 17.8 Å². The van der Waals surface area contributed by atoms with E-state index in [1.165, 1.54) is 12.1 Å². The fraction of sp³-hybridized carbons (Fsp3) is 0.0769. The Morgan fingerprint density at radius 3 is 2.33 bits per heavy atom. The summed E-state index contributed by atoms with van der Waals surface area (Å²) in [7, 11) is 0. The second-order valence-electron chi connectivity index (χ2n) is 4.23. The van der Waals surface area contributed by atoms with Crippen molar-refractivity contribution < 1.29 is 18.0 Å². The molecule has 2 rings (SSSR count). The minimum absolute atomic E-state index is 0.181. The highest BCUT2D eigenvalue weighted by Crippen LogP contribution is 2.18. The Morgan fingerprint density at radius 1 is 1.14 bits per heavy atom. The molecule has 0 saturated heterocycles. The molecule has 5 nitrogen and oxygen atoms in total. The van der Waals surface area contributed by atoms with Gasteiger partial charge in [0.2, 0.25) is 0 Å². The first kappa shape index (κ1) is 14.8. The number of halogens is 3. The van der Waals surface area contributed by atoms with E-state index >= 15 is 0 Å². The first-order valence-electron chi connectivity index (χ1n) is 5.82. The van der Waals surface area contributed by atoms with Gasteiger partial charge in [0.05, 0.1) is 0 Å². The lowest BCUT2D eigenvalue weighted by Crippen LogP contribution is -2.15. The second-order valence-corrected chi connectivity index (χ2v) is 4.23. The van der Waals surface area contributed by atoms with Crippen molar-refractivity contribution in [3.63, 3.8) is 0 Å². The quantitative estimate of drug-likeness (QED) is 0.461. The molecule has 0 fully saturated rings. The standard InChI is InChI=1S/C13H11F3N4O/c1-6-2-7(3-11(18-6)20-17)13(21)19-8-4-9(14)12(16)10(15)5-8/h2-5H,17H2,1H3,(H,18,20)(H,19,21). The molecule has 0 aliphatic carbocycles. The molecule has 0 unspecified atom stereocenters. The third kappa shape index (κ3) is 3.29. The normalized spacial score (nSPS) is 10.3. The summed E-state index contributed by atoms with van der Waals surface area (Å²) in [5, 5.41) is 2.26. The van der Waals surface area contributed by atoms with E-state index in [4.69, 9.17) is 5.84 Å². The highest BCUT2D eigenvalue weighted by Gasteiger charge is 2.14. The van der Waals surface area contributed by atoms with E-state index in [0.717, 1.165) is 0 Å². The van der Waals surface area contributed by atoms with Crippen molar-refractivity contribution in [1.82, 2.24) is 4.98 Å². The number of aromatic nitrogens is 1. The maximum atomic E-state index is 13.1. The Kier molecular flexibility index (Phi) is 4.08. The SMILES string of the molecule is Cc1cc(C(=O)Nc2cc(F)c(F)c(F)c2)cc(NN)n1. The van der Waals surface area contributed by atoms with Crippen molar-refractivity contribution in [2.45, 2.75) is 6.92 Å². The molecule has 8 heteroatoms. The lowest BCUT2D eigenvalue weighted by atomic mass is 10.2. The maximum Gasteiger partial charge on any atom is 0.255 e. The number of amides is 1. The van der Waals surface area contributed by atoms with Gasteiger partial charge in [0.25, 0.3) is 5.91 Å². The summed E-state index contributed by atoms with van der Waals surface area (Å²) in [4.78, 5) is 16.0. The monoisotopic (exact) mass is 296 g/mol. The van der Waals surface area contributed by atoms with Gasteiger partial charge in [-0.25, -0.2) is 24.0 Å². The van der Waals surface area contributed by atoms with E-state index in [2.05, 4.69) is 15.7 Å². The molecular formula is C13H11F3N4O. The molecule has 1 amide bonds. The van der Waals surface area contributed by atoms with Gasteiger partial charge >= 0.3 is 0 Å². The first-order chi connectivity index (χ1) is 9.90. The molecular weight excluding hydrogens is 285 g/mol. The molecule has 1 heterocycles. The van der Waals surface area contributed by atoms with Crippen LogP contribution in [0.3, 0.4) is 0 Å². The van der Waals surface area contributed by atoms with Crippen LogP contribution in [0.15, 0.2) is 24.3 Å². The van der Waals surface area contributed by atoms with Crippen LogP contribution >= 0.6 is 0 Å². The number of hydrazine groups is 1. The number of rotatable bonds is 3. The zero-order valence-corrected chi connectivity index (χ0v) is 10.9. The molecule has 0 bridgehead atoms. The summed E-state index contributed by atoms with van der Waals surface area (Å²) in [5.74, 6) is 0.464. The van der Waals surface area contributed by atoms with Crippen LogP contribution in [-0.4, -0.2) is 10.9 Å². The number of nitrogens with one attached hydrogen (secondary N) is 2. The summed E-state index contributed by atoms with van der Waals surface area (Å²) in [6.45, 7) is 1.65. The second kappa shape index (κ2) is 5.80. The van der Waals surface area contributed by atoms with Crippen molar-refractivity contribution in [3.8, 4) is 0 Å². The molecule has 0 spiro atoms. The van der Waals surface area contributed by atoms with Gasteiger partial charge in [0.15, 0.2) is 17.5 Å². The van der Waals surface area contributed by atoms with Crippen molar-refractivity contribution in [2.75, 3.05) is 10.7 Å². The molecule has 0 saturated carbocycles. The molecule has 4 N–H and O–H groups in total. The van der Waals surface area contributed by atoms with Crippen LogP contribution in [0.2, 0.25) is 0 Å². The number of carbonyl (C=O) groups is 1. The van der Waals surface area contributed by atoms with Gasteiger partial charge in [-0.2, -0.15) is 0 Å². The van der Waals surface area contributed by atoms with Crippen LogP contribution in [0, 0.1) is 24.4 Å². The van der Waals surface area contributed by atoms with Crippen LogP contribution in [0.1, 0.15) is 16.1 Å². The fourth-order valence-electron chi connectivity index (χ4n) is 1.70. The number of benzene rings is 1. The largest absolute Gasteiger partial charge is 0.322 e. The maximum absolute atomic E-state index is 13.1. The summed E-state index contributed by atoms with van der Waals surface area (Å²) in [6, 6.07) is 4.20. The van der Waals surface area contributed by atoms with Crippen LogP contribution < -0.4 is 16.6 Å². The van der Waals surface area contributed by atoms with Crippen molar-refractivity contribution in [1.29, 1.82) is 0 Å². The summed E-state index contributed by atoms with van der Waals surface area (Å²) in [6.07, 6.45) is 0. The Hall–Kier alpha value is -2.61. The lowest BCUT2D eigenvalue weighted by Gasteiger charge is -2.08. The number of anilines is 2. The minimum Gasteiger partial charge on any atom is -0.322 e. The van der Waals surface area contributed by atoms with Crippen LogP contribution in [0.5, 0.6) is 0 Å². The fourth-order valence-corrected chi connectivity index (χ4v) is 1.70. The molecule has 1 aromatic heterocycles. The summed E-state index contributed by atoms with van der Waals surface area (Å²) < 4.78 is 39.0. The lowest BCUT2D eigenvalue weighted by molar-refractivity contribution is 0.102. The third-order valence-corrected chi connectivity index (χ3v) is 2.61. The van der Waals surface area contributed by atoms with E-state index in [-0.39, 0.29) is 17.1 Å². The Balaban J connectivity index is 2.28. The number of hydrogen-bond acceptors (Lipinski definition) is 4. The molecule has 2 aromatic rings. The highest BCUT2D eigenvalue weighted by molar-refractivity contribution is 6.04. The van der Waals surface area contributed by atoms with Crippen molar-refractivity contribution >= 4 is 17.4 Å². The number of nitrogen functional groups attached to an aromatic ring is 1. The van der Waals surface area contributed by atoms with E-state index < -0.39 is 23.4 Å². The van der Waals surface area contributed by atoms with Gasteiger partial charge in [-0.1, -0.05) is 0 Å². The molecule has 0 aliphatic rings. The zero-order chi connectivity index (χ0) is 15.6. The molecule has 0 radical (unpaired) electrons. The van der Waals surface area contributed by atoms with Gasteiger partial charge < -0.3 is 10.7 Å². The summed E-state index contributed by atoms with van der Waals surface area (Å²) in [5.41, 5.74) is 2.79. The average molecular weight is 296 g/mol. The van der Waals surface area contributed by atoms with E-state index in [1.807, 2.05) is 0 Å². The Bertz CT molecular complexity index is 683. The van der Waals surface area contributed by atoms with Gasteiger partial charge in [-0.3, -0.25) is 4.79 Å². The minimum atomic E-state index is -1.60. The number of aryl methyl sites for hydroxylation is 1. The van der Waals surface area contributed by atoms with E-state index in [1.54, 1.807) is 6.92 Å². The van der Waals surface area contributed by atoms with Crippen molar-refractivity contribution in [3.05, 3.63) is 53.0 Å². The average Bonchev–Trinajstić information content (AvgIpc) is 2.43. The number of hydrogen-bond donors (Lipinski definition) is 3. The van der Waals surface area contributed by atoms with Gasteiger partial charge in [0.1, 0.15) is 5.82 Å². The number of carbonyl (C=O) groups excluding carboxylic acids is 1. The number of nitrogens with two attached hydrogens (primary N) is 1. The number of nitrogens with zero attached hydrogens (tertiary/aromatic N) is 1. The molecule has 0 atom stereocenters. The smallest absolute Gasteiger partial charge is 0.255 e. The molecule has 1 aromatic carbocycles. The molecule has 110 valence electrons. The van der Waals surface area contributed by atoms with E-state index in [9.17, 15) is 18.0 Å². The molecule has 0 aliphatic heterocycles. The predicted molar refractivity (Wildman–Crippen MR) is 71.1 cm³/mol. The van der Waals surface area contributed by atoms with Crippen LogP contribution in [-0.2, 0) is 0 Å². The van der Waals surface area contributed by atoms with Crippen LogP contribution in [0.4, 0.5) is 24.7 Å².